The van der Waals surface area contributed by atoms with Crippen LogP contribution in [0.1, 0.15) is 37.0 Å². The van der Waals surface area contributed by atoms with Gasteiger partial charge in [0.2, 0.25) is 5.88 Å². The van der Waals surface area contributed by atoms with Crippen molar-refractivity contribution < 1.29 is 23.8 Å². The van der Waals surface area contributed by atoms with Crippen molar-refractivity contribution in [2.24, 2.45) is 0 Å². The van der Waals surface area contributed by atoms with Crippen LogP contribution in [0.3, 0.4) is 0 Å². The second-order valence-corrected chi connectivity index (χ2v) is 10.4. The highest BCUT2D eigenvalue weighted by Crippen LogP contribution is 2.48. The lowest BCUT2D eigenvalue weighted by molar-refractivity contribution is -0.140. The molecule has 2 N–H and O–H groups in total. The molecule has 1 amide bonds. The zero-order chi connectivity index (χ0) is 27.9. The molecule has 40 heavy (non-hydrogen) atoms. The van der Waals surface area contributed by atoms with Gasteiger partial charge in [0, 0.05) is 16.0 Å². The molecule has 5 aromatic rings. The van der Waals surface area contributed by atoms with E-state index in [0.29, 0.717) is 29.0 Å². The molecule has 0 bridgehead atoms. The molecular formula is C33H26ClNO5. The van der Waals surface area contributed by atoms with Gasteiger partial charge in [0.05, 0.1) is 11.0 Å². The summed E-state index contributed by atoms with van der Waals surface area (Å²) >= 11 is 6.27. The Kier molecular flexibility index (Phi) is 6.56. The maximum Gasteiger partial charge on any atom is 0.414 e. The largest absolute Gasteiger partial charge is 0.481 e. The summed E-state index contributed by atoms with van der Waals surface area (Å²) in [4.78, 5) is 24.5. The highest BCUT2D eigenvalue weighted by Gasteiger charge is 2.51. The average Bonchev–Trinajstić information content (AvgIpc) is 3.70. The second-order valence-electron chi connectivity index (χ2n) is 10.0. The van der Waals surface area contributed by atoms with Gasteiger partial charge in [-0.15, -0.1) is 0 Å². The number of anilines is 1. The van der Waals surface area contributed by atoms with Gasteiger partial charge in [-0.2, -0.15) is 0 Å². The molecule has 1 aromatic heterocycles. The maximum absolute atomic E-state index is 12.9. The summed E-state index contributed by atoms with van der Waals surface area (Å²) in [5.74, 6) is -0.471. The molecule has 0 saturated heterocycles. The third kappa shape index (κ3) is 4.71. The zero-order valence-corrected chi connectivity index (χ0v) is 22.4. The van der Waals surface area contributed by atoms with Crippen molar-refractivity contribution in [3.63, 3.8) is 0 Å². The summed E-state index contributed by atoms with van der Waals surface area (Å²) in [5.41, 5.74) is 5.06. The number of hydrogen-bond acceptors (Lipinski definition) is 4. The van der Waals surface area contributed by atoms with E-state index < -0.39 is 23.6 Å². The minimum absolute atomic E-state index is 0.290. The molecule has 6 nitrogen and oxygen atoms in total. The molecule has 200 valence electrons. The van der Waals surface area contributed by atoms with Crippen LogP contribution in [-0.4, -0.2) is 17.2 Å². The second kappa shape index (κ2) is 10.2. The standard InChI is InChI=1S/C33H26ClNO5/c1-20(25-6-2-4-8-27(25)34)39-32(38)35-30-29(26-7-3-5-9-28(26)40-30)23-12-10-21(11-13-23)22-14-16-24(17-15-22)33(18-19-33)31(36)37/h2-17,20H,18-19H2,1H3,(H,35,38)(H,36,37)/t20-/m1/s1. The summed E-state index contributed by atoms with van der Waals surface area (Å²) in [7, 11) is 0. The Morgan fingerprint density at radius 1 is 0.875 bits per heavy atom. The maximum atomic E-state index is 12.9. The fourth-order valence-electron chi connectivity index (χ4n) is 5.13. The van der Waals surface area contributed by atoms with Gasteiger partial charge in [0.15, 0.2) is 0 Å². The molecule has 1 saturated carbocycles. The number of benzene rings is 4. The highest BCUT2D eigenvalue weighted by atomic mass is 35.5. The van der Waals surface area contributed by atoms with Gasteiger partial charge in [-0.1, -0.05) is 96.5 Å². The molecule has 1 fully saturated rings. The number of hydrogen-bond donors (Lipinski definition) is 2. The van der Waals surface area contributed by atoms with E-state index in [1.165, 1.54) is 0 Å². The van der Waals surface area contributed by atoms with Crippen LogP contribution < -0.4 is 5.32 Å². The van der Waals surface area contributed by atoms with Gasteiger partial charge in [0.25, 0.3) is 0 Å². The Morgan fingerprint density at radius 2 is 1.48 bits per heavy atom. The first kappa shape index (κ1) is 25.7. The Balaban J connectivity index is 1.26. The Labute approximate surface area is 236 Å². The zero-order valence-electron chi connectivity index (χ0n) is 21.7. The molecule has 1 aliphatic carbocycles. The van der Waals surface area contributed by atoms with Crippen LogP contribution in [0.5, 0.6) is 0 Å². The fraction of sp³-hybridized carbons (Fsp3) is 0.152. The van der Waals surface area contributed by atoms with Crippen LogP contribution in [0.25, 0.3) is 33.2 Å². The molecule has 0 unspecified atom stereocenters. The first-order chi connectivity index (χ1) is 19.4. The predicted molar refractivity (Wildman–Crippen MR) is 156 cm³/mol. The summed E-state index contributed by atoms with van der Waals surface area (Å²) in [6, 6.07) is 30.5. The molecule has 4 aromatic carbocycles. The molecule has 6 rings (SSSR count). The molecule has 1 aliphatic rings. The minimum atomic E-state index is -0.761. The third-order valence-corrected chi connectivity index (χ3v) is 7.89. The van der Waals surface area contributed by atoms with Gasteiger partial charge >= 0.3 is 12.1 Å². The van der Waals surface area contributed by atoms with Crippen LogP contribution in [0.4, 0.5) is 10.7 Å². The number of para-hydroxylation sites is 1. The monoisotopic (exact) mass is 551 g/mol. The van der Waals surface area contributed by atoms with E-state index in [2.05, 4.69) is 5.32 Å². The Bertz CT molecular complexity index is 1720. The normalized spacial score (nSPS) is 14.4. The number of nitrogens with one attached hydrogen (secondary N) is 1. The smallest absolute Gasteiger partial charge is 0.414 e. The third-order valence-electron chi connectivity index (χ3n) is 7.54. The number of furan rings is 1. The number of amides is 1. The van der Waals surface area contributed by atoms with Crippen molar-refractivity contribution in [1.29, 1.82) is 0 Å². The van der Waals surface area contributed by atoms with E-state index in [9.17, 15) is 14.7 Å². The number of fused-ring (bicyclic) bond motifs is 1. The number of ether oxygens (including phenoxy) is 1. The fourth-order valence-corrected chi connectivity index (χ4v) is 5.42. The van der Waals surface area contributed by atoms with Crippen molar-refractivity contribution in [2.45, 2.75) is 31.3 Å². The van der Waals surface area contributed by atoms with Gasteiger partial charge in [0.1, 0.15) is 11.7 Å². The van der Waals surface area contributed by atoms with Gasteiger partial charge in [-0.3, -0.25) is 10.1 Å². The van der Waals surface area contributed by atoms with Crippen LogP contribution >= 0.6 is 11.6 Å². The van der Waals surface area contributed by atoms with E-state index in [-0.39, 0.29) is 5.88 Å². The topological polar surface area (TPSA) is 88.8 Å². The first-order valence-corrected chi connectivity index (χ1v) is 13.4. The highest BCUT2D eigenvalue weighted by molar-refractivity contribution is 6.31. The molecule has 1 heterocycles. The summed E-state index contributed by atoms with van der Waals surface area (Å²) < 4.78 is 11.6. The number of carbonyl (C=O) groups is 2. The summed E-state index contributed by atoms with van der Waals surface area (Å²) in [5, 5.41) is 13.7. The van der Waals surface area contributed by atoms with Crippen LogP contribution in [-0.2, 0) is 14.9 Å². The van der Waals surface area contributed by atoms with E-state index in [0.717, 1.165) is 33.2 Å². The first-order valence-electron chi connectivity index (χ1n) is 13.0. The SMILES string of the molecule is C[C@@H](OC(=O)Nc1oc2ccccc2c1-c1ccc(-c2ccc(C3(C(=O)O)CC3)cc2)cc1)c1ccccc1Cl. The lowest BCUT2D eigenvalue weighted by Gasteiger charge is -2.15. The van der Waals surface area contributed by atoms with Crippen molar-refractivity contribution in [1.82, 2.24) is 0 Å². The quantitative estimate of drug-likeness (QED) is 0.211. The number of carboxylic acids is 1. The average molecular weight is 552 g/mol. The van der Waals surface area contributed by atoms with Crippen LogP contribution in [0.15, 0.2) is 101 Å². The summed E-state index contributed by atoms with van der Waals surface area (Å²) in [6.45, 7) is 1.76. The molecule has 0 aliphatic heterocycles. The van der Waals surface area contributed by atoms with Crippen molar-refractivity contribution in [3.05, 3.63) is 113 Å². The van der Waals surface area contributed by atoms with Crippen LogP contribution in [0.2, 0.25) is 5.02 Å². The van der Waals surface area contributed by atoms with E-state index >= 15 is 0 Å². The number of halogens is 1. The summed E-state index contributed by atoms with van der Waals surface area (Å²) in [6.07, 6.45) is 0.145. The lowest BCUT2D eigenvalue weighted by atomic mass is 9.93. The number of aliphatic carboxylic acids is 1. The Morgan fingerprint density at radius 3 is 2.12 bits per heavy atom. The van der Waals surface area contributed by atoms with Gasteiger partial charge in [-0.05, 0) is 54.2 Å². The van der Waals surface area contributed by atoms with E-state index in [1.54, 1.807) is 13.0 Å². The Hall–Kier alpha value is -4.55. The molecule has 0 radical (unpaired) electrons. The number of rotatable bonds is 7. The molecule has 1 atom stereocenters. The van der Waals surface area contributed by atoms with Gasteiger partial charge in [-0.25, -0.2) is 4.79 Å². The van der Waals surface area contributed by atoms with Crippen molar-refractivity contribution >= 4 is 40.5 Å². The molecular weight excluding hydrogens is 526 g/mol. The predicted octanol–water partition coefficient (Wildman–Crippen LogP) is 8.85. The van der Waals surface area contributed by atoms with Crippen LogP contribution in [0, 0.1) is 0 Å². The van der Waals surface area contributed by atoms with E-state index in [4.69, 9.17) is 20.8 Å². The minimum Gasteiger partial charge on any atom is -0.481 e. The van der Waals surface area contributed by atoms with E-state index in [1.807, 2.05) is 91.0 Å². The van der Waals surface area contributed by atoms with Gasteiger partial charge < -0.3 is 14.3 Å². The molecule has 0 spiro atoms. The molecule has 7 heteroatoms. The van der Waals surface area contributed by atoms with Crippen molar-refractivity contribution in [2.75, 3.05) is 5.32 Å². The number of carboxylic acid groups (broad SMARTS) is 1. The number of carbonyl (C=O) groups excluding carboxylic acids is 1. The lowest BCUT2D eigenvalue weighted by Crippen LogP contribution is -2.19. The van der Waals surface area contributed by atoms with Crippen molar-refractivity contribution in [3.8, 4) is 22.3 Å².